The fraction of sp³-hybridized carbons (Fsp3) is 0.393. The van der Waals surface area contributed by atoms with Crippen molar-refractivity contribution in [1.82, 2.24) is 4.90 Å². The van der Waals surface area contributed by atoms with Crippen molar-refractivity contribution in [2.75, 3.05) is 27.7 Å². The van der Waals surface area contributed by atoms with Crippen molar-refractivity contribution in [3.63, 3.8) is 0 Å². The van der Waals surface area contributed by atoms with Crippen molar-refractivity contribution in [2.24, 2.45) is 0 Å². The zero-order chi connectivity index (χ0) is 24.2. The van der Waals surface area contributed by atoms with Gasteiger partial charge in [-0.2, -0.15) is 12.1 Å². The average molecular weight is 551 g/mol. The number of methoxy groups -OCH3 is 1. The van der Waals surface area contributed by atoms with E-state index in [1.165, 1.54) is 18.3 Å². The summed E-state index contributed by atoms with van der Waals surface area (Å²) < 4.78 is 16.5. The normalized spacial score (nSPS) is 18.2. The number of nitrogens with zero attached hydrogens (tertiary/aromatic N) is 1. The summed E-state index contributed by atoms with van der Waals surface area (Å²) in [6.07, 6.45) is 6.19. The fourth-order valence-electron chi connectivity index (χ4n) is 3.58. The topological polar surface area (TPSA) is 54.0 Å². The number of likely N-dealkylation sites (N-methyl/N-ethyl adjacent to an activating group) is 1. The van der Waals surface area contributed by atoms with Crippen molar-refractivity contribution in [3.8, 4) is 0 Å². The molecule has 0 N–H and O–H groups in total. The first kappa shape index (κ1) is 28.1. The molecule has 184 valence electrons. The van der Waals surface area contributed by atoms with Crippen LogP contribution in [0.1, 0.15) is 39.5 Å². The maximum Gasteiger partial charge on any atom is 2.00 e. The Bertz CT molecular complexity index is 1090. The molecule has 0 bridgehead atoms. The Morgan fingerprint density at radius 2 is 1.65 bits per heavy atom. The second kappa shape index (κ2) is 11.5. The average Bonchev–Trinajstić information content (AvgIpc) is 3.48. The number of rotatable bonds is 4. The quantitative estimate of drug-likeness (QED) is 0.433. The van der Waals surface area contributed by atoms with Crippen LogP contribution in [0.4, 0.5) is 0 Å². The van der Waals surface area contributed by atoms with Gasteiger partial charge in [-0.05, 0) is 76.6 Å². The van der Waals surface area contributed by atoms with Crippen LogP contribution in [-0.4, -0.2) is 43.9 Å². The SMILES string of the molecule is CC1(C)OC(c2ccc[cH-]2)OC1(C)C.COC([O-])=c1ccc(=C2C=CC(CN(C)C)=C2)cc1.[Ru+2]. The predicted molar refractivity (Wildman–Crippen MR) is 130 cm³/mol. The van der Waals surface area contributed by atoms with Crippen LogP contribution < -0.4 is 15.5 Å². The molecule has 4 rings (SSSR count). The first-order chi connectivity index (χ1) is 15.5. The molecule has 0 unspecified atom stereocenters. The Balaban J connectivity index is 0.000000243. The third-order valence-corrected chi connectivity index (χ3v) is 6.17. The molecule has 1 fully saturated rings. The van der Waals surface area contributed by atoms with Gasteiger partial charge in [0.25, 0.3) is 0 Å². The van der Waals surface area contributed by atoms with Gasteiger partial charge in [0.15, 0.2) is 6.29 Å². The first-order valence-electron chi connectivity index (χ1n) is 11.2. The van der Waals surface area contributed by atoms with Crippen molar-refractivity contribution in [3.05, 3.63) is 88.3 Å². The zero-order valence-corrected chi connectivity index (χ0v) is 22.8. The Hall–Kier alpha value is -2.11. The maximum absolute atomic E-state index is 11.4. The van der Waals surface area contributed by atoms with E-state index in [1.807, 2.05) is 36.4 Å². The summed E-state index contributed by atoms with van der Waals surface area (Å²) in [6, 6.07) is 15.5. The molecule has 0 aromatic heterocycles. The van der Waals surface area contributed by atoms with Gasteiger partial charge < -0.3 is 24.2 Å². The van der Waals surface area contributed by atoms with Gasteiger partial charge in [-0.3, -0.25) is 0 Å². The molecule has 0 radical (unpaired) electrons. The molecule has 6 heteroatoms. The second-order valence-electron chi connectivity index (χ2n) is 9.62. The Labute approximate surface area is 216 Å². The van der Waals surface area contributed by atoms with Crippen LogP contribution in [-0.2, 0) is 33.7 Å². The van der Waals surface area contributed by atoms with Crippen molar-refractivity contribution in [1.29, 1.82) is 0 Å². The van der Waals surface area contributed by atoms with Crippen molar-refractivity contribution in [2.45, 2.75) is 45.2 Å². The second-order valence-corrected chi connectivity index (χ2v) is 9.62. The van der Waals surface area contributed by atoms with E-state index in [0.717, 1.165) is 17.3 Å². The molecule has 1 aliphatic heterocycles. The standard InChI is InChI=1S/C16H19NO2.C12H17O2.Ru/c1-17(2)11-12-4-5-15(10-12)13-6-8-14(9-7-13)16(18)19-3;1-11(2)12(3,4)14-10(13-11)9-7-5-6-8-9;/h4-10,18H,11H2,1-3H3;5-8,10H,1-4H3;/q;-1;+2/p-1. The van der Waals surface area contributed by atoms with Crippen LogP contribution in [0.3, 0.4) is 0 Å². The fourth-order valence-corrected chi connectivity index (χ4v) is 3.58. The smallest absolute Gasteiger partial charge is 0.616 e. The van der Waals surface area contributed by atoms with E-state index in [0.29, 0.717) is 5.22 Å². The maximum atomic E-state index is 11.4. The molecule has 2 aromatic rings. The summed E-state index contributed by atoms with van der Waals surface area (Å²) in [5, 5.41) is 13.0. The van der Waals surface area contributed by atoms with Gasteiger partial charge in [0.2, 0.25) is 0 Å². The minimum Gasteiger partial charge on any atom is -0.616 e. The van der Waals surface area contributed by atoms with E-state index in [-0.39, 0.29) is 42.9 Å². The molecule has 0 atom stereocenters. The molecule has 1 aliphatic carbocycles. The Morgan fingerprint density at radius 3 is 2.15 bits per heavy atom. The van der Waals surface area contributed by atoms with Gasteiger partial charge in [-0.15, -0.1) is 5.56 Å². The van der Waals surface area contributed by atoms with Crippen LogP contribution in [0.2, 0.25) is 0 Å². The number of hydrogen-bond donors (Lipinski definition) is 0. The summed E-state index contributed by atoms with van der Waals surface area (Å²) in [5.74, 6) is -0.303. The molecule has 1 saturated heterocycles. The number of ether oxygens (including phenoxy) is 3. The van der Waals surface area contributed by atoms with E-state index in [9.17, 15) is 5.11 Å². The third-order valence-electron chi connectivity index (χ3n) is 6.17. The monoisotopic (exact) mass is 551 g/mol. The number of benzene rings is 1. The molecular formula is C28H35NO4Ru. The number of hydrogen-bond acceptors (Lipinski definition) is 5. The van der Waals surface area contributed by atoms with E-state index < -0.39 is 0 Å². The van der Waals surface area contributed by atoms with Gasteiger partial charge >= 0.3 is 19.5 Å². The minimum atomic E-state index is -0.303. The molecule has 34 heavy (non-hydrogen) atoms. The van der Waals surface area contributed by atoms with Crippen molar-refractivity contribution >= 4 is 11.5 Å². The van der Waals surface area contributed by atoms with Crippen LogP contribution in [0.25, 0.3) is 11.5 Å². The summed E-state index contributed by atoms with van der Waals surface area (Å²) in [4.78, 5) is 2.14. The molecular weight excluding hydrogens is 515 g/mol. The van der Waals surface area contributed by atoms with Crippen LogP contribution in [0.5, 0.6) is 0 Å². The van der Waals surface area contributed by atoms with Gasteiger partial charge in [-0.25, -0.2) is 12.1 Å². The minimum absolute atomic E-state index is 0. The van der Waals surface area contributed by atoms with Crippen LogP contribution >= 0.6 is 0 Å². The molecule has 2 aliphatic rings. The third kappa shape index (κ3) is 6.73. The summed E-state index contributed by atoms with van der Waals surface area (Å²) in [7, 11) is 5.50. The van der Waals surface area contributed by atoms with Crippen molar-refractivity contribution < 1.29 is 38.8 Å². The van der Waals surface area contributed by atoms with Gasteiger partial charge in [0.1, 0.15) is 0 Å². The van der Waals surface area contributed by atoms with E-state index in [2.05, 4.69) is 69.7 Å². The van der Waals surface area contributed by atoms with Gasteiger partial charge in [-0.1, -0.05) is 36.4 Å². The van der Waals surface area contributed by atoms with E-state index >= 15 is 0 Å². The molecule has 1 heterocycles. The summed E-state index contributed by atoms with van der Waals surface area (Å²) >= 11 is 0. The zero-order valence-electron chi connectivity index (χ0n) is 21.1. The summed E-state index contributed by atoms with van der Waals surface area (Å²) in [5.41, 5.74) is 3.08. The first-order valence-corrected chi connectivity index (χ1v) is 11.2. The van der Waals surface area contributed by atoms with E-state index in [1.54, 1.807) is 12.1 Å². The van der Waals surface area contributed by atoms with Crippen LogP contribution in [0, 0.1) is 0 Å². The molecule has 0 amide bonds. The van der Waals surface area contributed by atoms with Crippen LogP contribution in [0.15, 0.2) is 72.3 Å². The predicted octanol–water partition coefficient (Wildman–Crippen LogP) is 2.97. The van der Waals surface area contributed by atoms with Gasteiger partial charge in [0, 0.05) is 6.54 Å². The van der Waals surface area contributed by atoms with E-state index in [4.69, 9.17) is 9.47 Å². The molecule has 0 saturated carbocycles. The Morgan fingerprint density at radius 1 is 1.03 bits per heavy atom. The van der Waals surface area contributed by atoms with Gasteiger partial charge in [0.05, 0.1) is 17.1 Å². The molecule has 2 aromatic carbocycles. The summed E-state index contributed by atoms with van der Waals surface area (Å²) in [6.45, 7) is 9.19. The largest absolute Gasteiger partial charge is 2.00 e. The number of allylic oxidation sites excluding steroid dienone is 2. The Kier molecular flexibility index (Phi) is 9.56. The molecule has 5 nitrogen and oxygen atoms in total. The molecule has 0 spiro atoms.